The van der Waals surface area contributed by atoms with Gasteiger partial charge < -0.3 is 10.6 Å². The van der Waals surface area contributed by atoms with Crippen LogP contribution in [0, 0.1) is 5.92 Å². The fraction of sp³-hybridized carbons (Fsp3) is 0.385. The number of nitrogens with one attached hydrogen (secondary N) is 2. The van der Waals surface area contributed by atoms with Crippen LogP contribution in [0.2, 0.25) is 0 Å². The molecule has 2 N–H and O–H groups in total. The zero-order chi connectivity index (χ0) is 12.4. The van der Waals surface area contributed by atoms with E-state index in [-0.39, 0.29) is 11.9 Å². The summed E-state index contributed by atoms with van der Waals surface area (Å²) in [6, 6.07) is 7.79. The van der Waals surface area contributed by atoms with E-state index in [4.69, 9.17) is 12.2 Å². The van der Waals surface area contributed by atoms with Crippen molar-refractivity contribution in [2.45, 2.75) is 26.3 Å². The lowest BCUT2D eigenvalue weighted by molar-refractivity contribution is -0.120. The van der Waals surface area contributed by atoms with Gasteiger partial charge in [-0.2, -0.15) is 0 Å². The molecule has 4 heteroatoms. The molecule has 1 saturated heterocycles. The predicted molar refractivity (Wildman–Crippen MR) is 71.6 cm³/mol. The van der Waals surface area contributed by atoms with Gasteiger partial charge in [0.2, 0.25) is 0 Å². The minimum atomic E-state index is -0.337. The van der Waals surface area contributed by atoms with Crippen molar-refractivity contribution in [2.75, 3.05) is 0 Å². The number of amides is 1. The third-order valence-corrected chi connectivity index (χ3v) is 2.95. The molecule has 1 aromatic carbocycles. The first kappa shape index (κ1) is 12.0. The summed E-state index contributed by atoms with van der Waals surface area (Å²) in [5.74, 6) is 0.563. The van der Waals surface area contributed by atoms with Crippen molar-refractivity contribution in [3.05, 3.63) is 35.4 Å². The molecule has 1 heterocycles. The number of rotatable bonds is 3. The molecule has 2 rings (SSSR count). The van der Waals surface area contributed by atoms with Crippen LogP contribution in [0.3, 0.4) is 0 Å². The standard InChI is InChI=1S/C13H16N2OS/c1-8(2)7-9-3-5-10(6-4-9)11-12(16)15-13(17)14-11/h3-6,8,11H,7H2,1-2H3,(H2,14,15,16,17). The summed E-state index contributed by atoms with van der Waals surface area (Å²) in [4.78, 5) is 11.6. The highest BCUT2D eigenvalue weighted by molar-refractivity contribution is 7.80. The zero-order valence-electron chi connectivity index (χ0n) is 9.99. The maximum absolute atomic E-state index is 11.6. The Bertz CT molecular complexity index is 439. The van der Waals surface area contributed by atoms with Gasteiger partial charge in [0.25, 0.3) is 5.91 Å². The normalized spacial score (nSPS) is 19.4. The maximum Gasteiger partial charge on any atom is 0.253 e. The molecule has 1 aromatic rings. The second-order valence-electron chi connectivity index (χ2n) is 4.74. The van der Waals surface area contributed by atoms with Crippen molar-refractivity contribution in [2.24, 2.45) is 5.92 Å². The minimum absolute atomic E-state index is 0.0772. The molecule has 17 heavy (non-hydrogen) atoms. The summed E-state index contributed by atoms with van der Waals surface area (Å²) in [7, 11) is 0. The van der Waals surface area contributed by atoms with Gasteiger partial charge in [0.15, 0.2) is 5.11 Å². The molecule has 0 aliphatic carbocycles. The van der Waals surface area contributed by atoms with Gasteiger partial charge in [0.05, 0.1) is 0 Å². The van der Waals surface area contributed by atoms with E-state index < -0.39 is 0 Å². The van der Waals surface area contributed by atoms with Crippen LogP contribution < -0.4 is 10.6 Å². The first-order valence-corrected chi connectivity index (χ1v) is 6.17. The largest absolute Gasteiger partial charge is 0.347 e. The fourth-order valence-electron chi connectivity index (χ4n) is 1.97. The average molecular weight is 248 g/mol. The Balaban J connectivity index is 2.13. The second-order valence-corrected chi connectivity index (χ2v) is 5.14. The van der Waals surface area contributed by atoms with Crippen molar-refractivity contribution in [3.8, 4) is 0 Å². The molecule has 1 unspecified atom stereocenters. The Morgan fingerprint density at radius 3 is 2.41 bits per heavy atom. The molecule has 1 aliphatic rings. The summed E-state index contributed by atoms with van der Waals surface area (Å²) < 4.78 is 0. The number of hydrogen-bond donors (Lipinski definition) is 2. The van der Waals surface area contributed by atoms with Gasteiger partial charge in [-0.1, -0.05) is 38.1 Å². The van der Waals surface area contributed by atoms with E-state index in [1.807, 2.05) is 12.1 Å². The Hall–Kier alpha value is -1.42. The van der Waals surface area contributed by atoms with E-state index in [9.17, 15) is 4.79 Å². The number of carbonyl (C=O) groups excluding carboxylic acids is 1. The van der Waals surface area contributed by atoms with E-state index in [1.54, 1.807) is 0 Å². The van der Waals surface area contributed by atoms with E-state index in [0.717, 1.165) is 12.0 Å². The highest BCUT2D eigenvalue weighted by atomic mass is 32.1. The number of carbonyl (C=O) groups is 1. The lowest BCUT2D eigenvalue weighted by Crippen LogP contribution is -2.21. The average Bonchev–Trinajstić information content (AvgIpc) is 2.58. The SMILES string of the molecule is CC(C)Cc1ccc(C2NC(=S)NC2=O)cc1. The Morgan fingerprint density at radius 1 is 1.29 bits per heavy atom. The molecular weight excluding hydrogens is 232 g/mol. The molecule has 3 nitrogen and oxygen atoms in total. The predicted octanol–water partition coefficient (Wildman–Crippen LogP) is 1.93. The highest BCUT2D eigenvalue weighted by Crippen LogP contribution is 2.18. The van der Waals surface area contributed by atoms with Gasteiger partial charge in [-0.3, -0.25) is 4.79 Å². The van der Waals surface area contributed by atoms with E-state index in [0.29, 0.717) is 11.0 Å². The highest BCUT2D eigenvalue weighted by Gasteiger charge is 2.28. The van der Waals surface area contributed by atoms with Gasteiger partial charge in [0.1, 0.15) is 6.04 Å². The first-order chi connectivity index (χ1) is 8.06. The topological polar surface area (TPSA) is 41.1 Å². The third-order valence-electron chi connectivity index (χ3n) is 2.73. The molecule has 90 valence electrons. The van der Waals surface area contributed by atoms with Gasteiger partial charge in [-0.15, -0.1) is 0 Å². The second kappa shape index (κ2) is 4.84. The molecule has 0 spiro atoms. The molecule has 1 amide bonds. The number of thiocarbonyl (C=S) groups is 1. The van der Waals surface area contributed by atoms with Crippen LogP contribution in [0.4, 0.5) is 0 Å². The zero-order valence-corrected chi connectivity index (χ0v) is 10.8. The Morgan fingerprint density at radius 2 is 1.94 bits per heavy atom. The van der Waals surface area contributed by atoms with Crippen molar-refractivity contribution in [1.82, 2.24) is 10.6 Å². The first-order valence-electron chi connectivity index (χ1n) is 5.76. The summed E-state index contributed by atoms with van der Waals surface area (Å²) in [6.45, 7) is 4.39. The van der Waals surface area contributed by atoms with E-state index in [2.05, 4.69) is 36.6 Å². The molecule has 0 aromatic heterocycles. The maximum atomic E-state index is 11.6. The Kier molecular flexibility index (Phi) is 3.43. The Labute approximate surface area is 107 Å². The smallest absolute Gasteiger partial charge is 0.253 e. The molecule has 0 radical (unpaired) electrons. The van der Waals surface area contributed by atoms with Crippen LogP contribution in [0.1, 0.15) is 31.0 Å². The third kappa shape index (κ3) is 2.82. The van der Waals surface area contributed by atoms with E-state index >= 15 is 0 Å². The van der Waals surface area contributed by atoms with E-state index in [1.165, 1.54) is 5.56 Å². The van der Waals surface area contributed by atoms with Crippen molar-refractivity contribution < 1.29 is 4.79 Å². The van der Waals surface area contributed by atoms with Gasteiger partial charge in [0, 0.05) is 0 Å². The van der Waals surface area contributed by atoms with Crippen molar-refractivity contribution in [1.29, 1.82) is 0 Å². The molecule has 1 atom stereocenters. The van der Waals surface area contributed by atoms with Crippen LogP contribution in [0.5, 0.6) is 0 Å². The van der Waals surface area contributed by atoms with Gasteiger partial charge in [-0.25, -0.2) is 0 Å². The van der Waals surface area contributed by atoms with Crippen LogP contribution in [0.25, 0.3) is 0 Å². The van der Waals surface area contributed by atoms with Crippen molar-refractivity contribution in [3.63, 3.8) is 0 Å². The summed E-state index contributed by atoms with van der Waals surface area (Å²) in [5, 5.41) is 5.95. The van der Waals surface area contributed by atoms with Gasteiger partial charge in [-0.05, 0) is 35.7 Å². The summed E-state index contributed by atoms with van der Waals surface area (Å²) in [5.41, 5.74) is 2.25. The monoisotopic (exact) mass is 248 g/mol. The molecule has 1 fully saturated rings. The quantitative estimate of drug-likeness (QED) is 0.803. The van der Waals surface area contributed by atoms with Crippen LogP contribution >= 0.6 is 12.2 Å². The lowest BCUT2D eigenvalue weighted by Gasteiger charge is -2.10. The minimum Gasteiger partial charge on any atom is -0.347 e. The summed E-state index contributed by atoms with van der Waals surface area (Å²) >= 11 is 4.91. The number of benzene rings is 1. The molecule has 0 bridgehead atoms. The van der Waals surface area contributed by atoms with Crippen LogP contribution in [0.15, 0.2) is 24.3 Å². The summed E-state index contributed by atoms with van der Waals surface area (Å²) in [6.07, 6.45) is 1.06. The molecule has 1 aliphatic heterocycles. The van der Waals surface area contributed by atoms with Crippen molar-refractivity contribution >= 4 is 23.2 Å². The van der Waals surface area contributed by atoms with Crippen LogP contribution in [-0.4, -0.2) is 11.0 Å². The fourth-order valence-corrected chi connectivity index (χ4v) is 2.19. The molecular formula is C13H16N2OS. The van der Waals surface area contributed by atoms with Crippen LogP contribution in [-0.2, 0) is 11.2 Å². The van der Waals surface area contributed by atoms with Gasteiger partial charge >= 0.3 is 0 Å². The number of hydrogen-bond acceptors (Lipinski definition) is 2. The lowest BCUT2D eigenvalue weighted by atomic mass is 9.99. The molecule has 0 saturated carbocycles.